The normalized spacial score (nSPS) is 27.2. The first-order valence-corrected chi connectivity index (χ1v) is 7.50. The number of nitrogens with zero attached hydrogens (tertiary/aromatic N) is 1. The van der Waals surface area contributed by atoms with E-state index in [2.05, 4.69) is 25.8 Å². The number of carboxylic acid groups (broad SMARTS) is 1. The second-order valence-corrected chi connectivity index (χ2v) is 7.11. The molecule has 0 aromatic carbocycles. The van der Waals surface area contributed by atoms with Gasteiger partial charge < -0.3 is 5.11 Å². The summed E-state index contributed by atoms with van der Waals surface area (Å²) >= 11 is 0. The van der Waals surface area contributed by atoms with Gasteiger partial charge in [0, 0.05) is 11.9 Å². The number of pyridine rings is 1. The highest BCUT2D eigenvalue weighted by atomic mass is 16.4. The largest absolute Gasteiger partial charge is 0.481 e. The van der Waals surface area contributed by atoms with E-state index in [0.29, 0.717) is 5.92 Å². The lowest BCUT2D eigenvalue weighted by molar-refractivity contribution is -0.146. The minimum atomic E-state index is -0.640. The molecule has 1 fully saturated rings. The smallest absolute Gasteiger partial charge is 0.306 e. The van der Waals surface area contributed by atoms with E-state index in [-0.39, 0.29) is 17.3 Å². The third-order valence-corrected chi connectivity index (χ3v) is 4.72. The Balaban J connectivity index is 2.13. The lowest BCUT2D eigenvalue weighted by Crippen LogP contribution is -2.36. The zero-order valence-corrected chi connectivity index (χ0v) is 12.7. The predicted octanol–water partition coefficient (Wildman–Crippen LogP) is 3.79. The number of aromatic nitrogens is 1. The van der Waals surface area contributed by atoms with Gasteiger partial charge in [-0.2, -0.15) is 0 Å². The molecule has 1 saturated carbocycles. The number of carbonyl (C=O) groups is 1. The van der Waals surface area contributed by atoms with Crippen LogP contribution in [0.15, 0.2) is 24.4 Å². The summed E-state index contributed by atoms with van der Waals surface area (Å²) in [6, 6.07) is 5.87. The minimum Gasteiger partial charge on any atom is -0.481 e. The molecular formula is C17H25NO2. The maximum absolute atomic E-state index is 11.5. The van der Waals surface area contributed by atoms with Crippen molar-refractivity contribution in [1.82, 2.24) is 4.98 Å². The van der Waals surface area contributed by atoms with Gasteiger partial charge in [0.25, 0.3) is 0 Å². The van der Waals surface area contributed by atoms with Crippen LogP contribution in [0.1, 0.15) is 45.7 Å². The summed E-state index contributed by atoms with van der Waals surface area (Å²) < 4.78 is 0. The van der Waals surface area contributed by atoms with Crippen molar-refractivity contribution in [3.8, 4) is 0 Å². The molecule has 1 aromatic rings. The summed E-state index contributed by atoms with van der Waals surface area (Å²) in [5.41, 5.74) is 1.27. The maximum atomic E-state index is 11.5. The van der Waals surface area contributed by atoms with Crippen molar-refractivity contribution < 1.29 is 9.90 Å². The van der Waals surface area contributed by atoms with Crippen LogP contribution < -0.4 is 0 Å². The molecule has 0 saturated heterocycles. The molecule has 20 heavy (non-hydrogen) atoms. The second kappa shape index (κ2) is 5.94. The van der Waals surface area contributed by atoms with Gasteiger partial charge in [-0.05, 0) is 55.1 Å². The van der Waals surface area contributed by atoms with Crippen molar-refractivity contribution in [3.63, 3.8) is 0 Å². The molecule has 3 atom stereocenters. The molecule has 0 spiro atoms. The number of aliphatic carboxylic acids is 1. The molecule has 0 bridgehead atoms. The quantitative estimate of drug-likeness (QED) is 0.913. The first kappa shape index (κ1) is 15.0. The Labute approximate surface area is 121 Å². The summed E-state index contributed by atoms with van der Waals surface area (Å²) in [6.07, 6.45) is 5.39. The average molecular weight is 275 g/mol. The van der Waals surface area contributed by atoms with E-state index >= 15 is 0 Å². The summed E-state index contributed by atoms with van der Waals surface area (Å²) in [7, 11) is 0. The first-order chi connectivity index (χ1) is 9.38. The second-order valence-electron chi connectivity index (χ2n) is 7.11. The highest BCUT2D eigenvalue weighted by Crippen LogP contribution is 2.43. The van der Waals surface area contributed by atoms with Crippen LogP contribution in [0.5, 0.6) is 0 Å². The summed E-state index contributed by atoms with van der Waals surface area (Å²) in [5, 5.41) is 9.46. The van der Waals surface area contributed by atoms with E-state index in [1.54, 1.807) is 6.20 Å². The molecule has 3 heteroatoms. The van der Waals surface area contributed by atoms with Gasteiger partial charge in [0.2, 0.25) is 0 Å². The molecule has 3 unspecified atom stereocenters. The van der Waals surface area contributed by atoms with Crippen LogP contribution in [0.3, 0.4) is 0 Å². The molecule has 1 aromatic heterocycles. The SMILES string of the molecule is CC(C)(C)C1CCC(C(=O)O)C(Cc2ccccn2)C1. The van der Waals surface area contributed by atoms with Crippen LogP contribution in [0.25, 0.3) is 0 Å². The lowest BCUT2D eigenvalue weighted by Gasteiger charge is -2.40. The summed E-state index contributed by atoms with van der Waals surface area (Å²) in [6.45, 7) is 6.78. The van der Waals surface area contributed by atoms with Crippen molar-refractivity contribution in [2.45, 2.75) is 46.5 Å². The average Bonchev–Trinajstić information content (AvgIpc) is 2.38. The zero-order chi connectivity index (χ0) is 14.8. The van der Waals surface area contributed by atoms with E-state index < -0.39 is 5.97 Å². The first-order valence-electron chi connectivity index (χ1n) is 7.50. The van der Waals surface area contributed by atoms with Crippen molar-refractivity contribution in [3.05, 3.63) is 30.1 Å². The Bertz CT molecular complexity index is 450. The van der Waals surface area contributed by atoms with Gasteiger partial charge in [0.1, 0.15) is 0 Å². The fourth-order valence-electron chi connectivity index (χ4n) is 3.39. The molecule has 3 nitrogen and oxygen atoms in total. The minimum absolute atomic E-state index is 0.209. The van der Waals surface area contributed by atoms with Crippen LogP contribution in [-0.4, -0.2) is 16.1 Å². The molecule has 1 aliphatic rings. The fourth-order valence-corrected chi connectivity index (χ4v) is 3.39. The Morgan fingerprint density at radius 3 is 2.65 bits per heavy atom. The monoisotopic (exact) mass is 275 g/mol. The Kier molecular flexibility index (Phi) is 4.46. The van der Waals surface area contributed by atoms with Crippen molar-refractivity contribution >= 4 is 5.97 Å². The Morgan fingerprint density at radius 2 is 2.10 bits per heavy atom. The highest BCUT2D eigenvalue weighted by Gasteiger charge is 2.38. The van der Waals surface area contributed by atoms with E-state index in [1.165, 1.54) is 0 Å². The lowest BCUT2D eigenvalue weighted by atomic mass is 9.64. The van der Waals surface area contributed by atoms with Crippen LogP contribution in [0.2, 0.25) is 0 Å². The molecule has 1 N–H and O–H groups in total. The van der Waals surface area contributed by atoms with E-state index in [9.17, 15) is 9.90 Å². The van der Waals surface area contributed by atoms with Gasteiger partial charge in [-0.15, -0.1) is 0 Å². The van der Waals surface area contributed by atoms with Gasteiger partial charge in [-0.1, -0.05) is 26.8 Å². The molecule has 2 rings (SSSR count). The summed E-state index contributed by atoms with van der Waals surface area (Å²) in [5.74, 6) is -0.0407. The van der Waals surface area contributed by atoms with Crippen LogP contribution in [0.4, 0.5) is 0 Å². The van der Waals surface area contributed by atoms with Crippen LogP contribution in [0, 0.1) is 23.2 Å². The Morgan fingerprint density at radius 1 is 1.35 bits per heavy atom. The number of carboxylic acids is 1. The molecule has 1 heterocycles. The van der Waals surface area contributed by atoms with Gasteiger partial charge in [0.05, 0.1) is 5.92 Å². The molecule has 0 amide bonds. The number of rotatable bonds is 3. The van der Waals surface area contributed by atoms with Gasteiger partial charge in [-0.25, -0.2) is 0 Å². The third kappa shape index (κ3) is 3.59. The van der Waals surface area contributed by atoms with Crippen LogP contribution >= 0.6 is 0 Å². The number of hydrogen-bond donors (Lipinski definition) is 1. The van der Waals surface area contributed by atoms with Crippen molar-refractivity contribution in [2.75, 3.05) is 0 Å². The molecule has 0 aliphatic heterocycles. The standard InChI is InChI=1S/C17H25NO2/c1-17(2,3)13-7-8-15(16(19)20)12(10-13)11-14-6-4-5-9-18-14/h4-6,9,12-13,15H,7-8,10-11H2,1-3H3,(H,19,20). The van der Waals surface area contributed by atoms with E-state index in [0.717, 1.165) is 31.4 Å². The molecule has 110 valence electrons. The van der Waals surface area contributed by atoms with Crippen molar-refractivity contribution in [1.29, 1.82) is 0 Å². The predicted molar refractivity (Wildman–Crippen MR) is 79.4 cm³/mol. The van der Waals surface area contributed by atoms with Gasteiger partial charge in [0.15, 0.2) is 0 Å². The Hall–Kier alpha value is -1.38. The zero-order valence-electron chi connectivity index (χ0n) is 12.7. The van der Waals surface area contributed by atoms with Gasteiger partial charge in [-0.3, -0.25) is 9.78 Å². The van der Waals surface area contributed by atoms with Crippen molar-refractivity contribution in [2.24, 2.45) is 23.2 Å². The highest BCUT2D eigenvalue weighted by molar-refractivity contribution is 5.70. The topological polar surface area (TPSA) is 50.2 Å². The molecule has 1 aliphatic carbocycles. The fraction of sp³-hybridized carbons (Fsp3) is 0.647. The number of hydrogen-bond acceptors (Lipinski definition) is 2. The van der Waals surface area contributed by atoms with Gasteiger partial charge >= 0.3 is 5.97 Å². The third-order valence-electron chi connectivity index (χ3n) is 4.72. The molecule has 0 radical (unpaired) electrons. The maximum Gasteiger partial charge on any atom is 0.306 e. The van der Waals surface area contributed by atoms with E-state index in [1.807, 2.05) is 18.2 Å². The van der Waals surface area contributed by atoms with Crippen LogP contribution in [-0.2, 0) is 11.2 Å². The molecular weight excluding hydrogens is 250 g/mol. The summed E-state index contributed by atoms with van der Waals surface area (Å²) in [4.78, 5) is 15.9. The van der Waals surface area contributed by atoms with E-state index in [4.69, 9.17) is 0 Å².